The van der Waals surface area contributed by atoms with Crippen molar-refractivity contribution in [3.05, 3.63) is 52.7 Å². The lowest BCUT2D eigenvalue weighted by atomic mass is 10.2. The van der Waals surface area contributed by atoms with E-state index in [-0.39, 0.29) is 0 Å². The molecule has 0 saturated heterocycles. The summed E-state index contributed by atoms with van der Waals surface area (Å²) in [5.74, 6) is 0. The Morgan fingerprint density at radius 2 is 2.00 bits per heavy atom. The fraction of sp³-hybridized carbons (Fsp3) is 0.154. The van der Waals surface area contributed by atoms with Gasteiger partial charge in [0.2, 0.25) is 0 Å². The van der Waals surface area contributed by atoms with E-state index in [4.69, 9.17) is 12.2 Å². The molecule has 0 aromatic carbocycles. The number of imidazole rings is 1. The molecule has 3 heterocycles. The van der Waals surface area contributed by atoms with E-state index in [9.17, 15) is 0 Å². The van der Waals surface area contributed by atoms with E-state index in [1.165, 1.54) is 0 Å². The Balaban J connectivity index is 2.14. The van der Waals surface area contributed by atoms with Crippen LogP contribution in [0.5, 0.6) is 0 Å². The van der Waals surface area contributed by atoms with Gasteiger partial charge < -0.3 is 4.98 Å². The Hall–Kier alpha value is -2.01. The molecule has 0 unspecified atom stereocenters. The van der Waals surface area contributed by atoms with Gasteiger partial charge in [-0.05, 0) is 49.0 Å². The third kappa shape index (κ3) is 1.93. The van der Waals surface area contributed by atoms with Crippen molar-refractivity contribution in [3.63, 3.8) is 0 Å². The summed E-state index contributed by atoms with van der Waals surface area (Å²) >= 11 is 5.35. The van der Waals surface area contributed by atoms with Crippen molar-refractivity contribution < 1.29 is 0 Å². The van der Waals surface area contributed by atoms with Crippen molar-refractivity contribution in [3.8, 4) is 0 Å². The summed E-state index contributed by atoms with van der Waals surface area (Å²) in [4.78, 5) is 11.7. The third-order valence-corrected chi connectivity index (χ3v) is 3.17. The molecule has 1 N–H and O–H groups in total. The maximum Gasteiger partial charge on any atom is 0.179 e. The zero-order chi connectivity index (χ0) is 12.5. The highest BCUT2D eigenvalue weighted by Crippen LogP contribution is 2.14. The Bertz CT molecular complexity index is 743. The van der Waals surface area contributed by atoms with Gasteiger partial charge in [0.25, 0.3) is 0 Å². The smallest absolute Gasteiger partial charge is 0.179 e. The maximum atomic E-state index is 5.35. The number of hydrogen-bond acceptors (Lipinski definition) is 3. The van der Waals surface area contributed by atoms with Gasteiger partial charge in [-0.1, -0.05) is 0 Å². The van der Waals surface area contributed by atoms with Crippen LogP contribution in [0.15, 0.2) is 36.7 Å². The zero-order valence-electron chi connectivity index (χ0n) is 9.92. The maximum absolute atomic E-state index is 5.35. The summed E-state index contributed by atoms with van der Waals surface area (Å²) in [6.45, 7) is 2.68. The molecule has 0 spiro atoms. The Morgan fingerprint density at radius 1 is 1.22 bits per heavy atom. The number of pyridine rings is 2. The van der Waals surface area contributed by atoms with Crippen molar-refractivity contribution >= 4 is 23.4 Å². The predicted molar refractivity (Wildman–Crippen MR) is 73.0 cm³/mol. The number of fused-ring (bicyclic) bond motifs is 1. The van der Waals surface area contributed by atoms with Gasteiger partial charge in [0.15, 0.2) is 10.4 Å². The normalized spacial score (nSPS) is 10.9. The number of nitrogens with one attached hydrogen (secondary N) is 1. The van der Waals surface area contributed by atoms with E-state index in [0.717, 1.165) is 22.4 Å². The van der Waals surface area contributed by atoms with Crippen molar-refractivity contribution in [2.75, 3.05) is 0 Å². The topological polar surface area (TPSA) is 46.5 Å². The van der Waals surface area contributed by atoms with E-state index in [1.54, 1.807) is 12.4 Å². The molecule has 0 fully saturated rings. The molecule has 0 aliphatic heterocycles. The SMILES string of the molecule is Cc1ccc2[nH]c(=S)n(Cc3ccncc3)c2n1. The average molecular weight is 256 g/mol. The summed E-state index contributed by atoms with van der Waals surface area (Å²) < 4.78 is 2.70. The van der Waals surface area contributed by atoms with Crippen LogP contribution in [0.25, 0.3) is 11.2 Å². The molecule has 3 aromatic heterocycles. The second kappa shape index (κ2) is 4.34. The van der Waals surface area contributed by atoms with E-state index < -0.39 is 0 Å². The molecule has 4 nitrogen and oxygen atoms in total. The van der Waals surface area contributed by atoms with Crippen LogP contribution in [0.3, 0.4) is 0 Å². The molecule has 18 heavy (non-hydrogen) atoms. The minimum Gasteiger partial charge on any atom is -0.329 e. The van der Waals surface area contributed by atoms with Crippen LogP contribution < -0.4 is 0 Å². The first kappa shape index (κ1) is 11.1. The predicted octanol–water partition coefficient (Wildman–Crippen LogP) is 2.85. The van der Waals surface area contributed by atoms with Crippen LogP contribution in [-0.2, 0) is 6.54 Å². The van der Waals surface area contributed by atoms with Gasteiger partial charge in [-0.15, -0.1) is 0 Å². The largest absolute Gasteiger partial charge is 0.329 e. The van der Waals surface area contributed by atoms with Crippen LogP contribution in [-0.4, -0.2) is 19.5 Å². The lowest BCUT2D eigenvalue weighted by Crippen LogP contribution is -2.01. The van der Waals surface area contributed by atoms with Gasteiger partial charge in [-0.25, -0.2) is 4.98 Å². The van der Waals surface area contributed by atoms with E-state index in [2.05, 4.69) is 15.0 Å². The highest BCUT2D eigenvalue weighted by atomic mass is 32.1. The Kier molecular flexibility index (Phi) is 2.68. The van der Waals surface area contributed by atoms with Crippen LogP contribution in [0.4, 0.5) is 0 Å². The molecule has 0 bridgehead atoms. The Morgan fingerprint density at radius 3 is 2.78 bits per heavy atom. The summed E-state index contributed by atoms with van der Waals surface area (Å²) in [5, 5.41) is 0. The zero-order valence-corrected chi connectivity index (χ0v) is 10.7. The fourth-order valence-corrected chi connectivity index (χ4v) is 2.20. The molecule has 0 amide bonds. The molecule has 5 heteroatoms. The van der Waals surface area contributed by atoms with Crippen LogP contribution >= 0.6 is 12.2 Å². The number of nitrogens with zero attached hydrogens (tertiary/aromatic N) is 3. The van der Waals surface area contributed by atoms with Gasteiger partial charge in [0.1, 0.15) is 0 Å². The van der Waals surface area contributed by atoms with E-state index in [0.29, 0.717) is 11.3 Å². The number of aryl methyl sites for hydroxylation is 1. The standard InChI is InChI=1S/C13H12N4S/c1-9-2-3-11-12(15-9)17(13(18)16-11)8-10-4-6-14-7-5-10/h2-7H,8H2,1H3,(H,16,18). The molecular formula is C13H12N4S. The molecule has 90 valence electrons. The minimum atomic E-state index is 0.694. The summed E-state index contributed by atoms with van der Waals surface area (Å²) in [6, 6.07) is 7.95. The number of rotatable bonds is 2. The summed E-state index contributed by atoms with van der Waals surface area (Å²) in [5.41, 5.74) is 4.02. The average Bonchev–Trinajstić information content (AvgIpc) is 2.67. The minimum absolute atomic E-state index is 0.694. The second-order valence-corrected chi connectivity index (χ2v) is 4.58. The summed E-state index contributed by atoms with van der Waals surface area (Å²) in [6.07, 6.45) is 3.57. The van der Waals surface area contributed by atoms with E-state index >= 15 is 0 Å². The molecule has 3 rings (SSSR count). The first-order valence-corrected chi connectivity index (χ1v) is 6.10. The number of H-pyrrole nitrogens is 1. The van der Waals surface area contributed by atoms with Crippen molar-refractivity contribution in [1.29, 1.82) is 0 Å². The molecule has 0 aliphatic carbocycles. The summed E-state index contributed by atoms with van der Waals surface area (Å²) in [7, 11) is 0. The van der Waals surface area contributed by atoms with Gasteiger partial charge in [0, 0.05) is 18.1 Å². The van der Waals surface area contributed by atoms with Crippen molar-refractivity contribution in [2.45, 2.75) is 13.5 Å². The van der Waals surface area contributed by atoms with Crippen LogP contribution in [0, 0.1) is 11.7 Å². The first-order valence-electron chi connectivity index (χ1n) is 5.69. The van der Waals surface area contributed by atoms with Gasteiger partial charge in [-0.2, -0.15) is 0 Å². The van der Waals surface area contributed by atoms with Gasteiger partial charge >= 0.3 is 0 Å². The number of hydrogen-bond donors (Lipinski definition) is 1. The Labute approximate surface area is 109 Å². The van der Waals surface area contributed by atoms with E-state index in [1.807, 2.05) is 35.8 Å². The number of aromatic nitrogens is 4. The molecule has 0 aliphatic rings. The van der Waals surface area contributed by atoms with Crippen LogP contribution in [0.1, 0.15) is 11.3 Å². The number of aromatic amines is 1. The quantitative estimate of drug-likeness (QED) is 0.717. The fourth-order valence-electron chi connectivity index (χ4n) is 1.94. The second-order valence-electron chi connectivity index (χ2n) is 4.20. The monoisotopic (exact) mass is 256 g/mol. The highest BCUT2D eigenvalue weighted by Gasteiger charge is 2.06. The van der Waals surface area contributed by atoms with Crippen molar-refractivity contribution in [1.82, 2.24) is 19.5 Å². The molecule has 0 radical (unpaired) electrons. The lowest BCUT2D eigenvalue weighted by molar-refractivity contribution is 0.797. The van der Waals surface area contributed by atoms with Crippen LogP contribution in [0.2, 0.25) is 0 Å². The van der Waals surface area contributed by atoms with Crippen molar-refractivity contribution in [2.24, 2.45) is 0 Å². The van der Waals surface area contributed by atoms with Gasteiger partial charge in [-0.3, -0.25) is 9.55 Å². The highest BCUT2D eigenvalue weighted by molar-refractivity contribution is 7.71. The first-order chi connectivity index (χ1) is 8.74. The molecule has 3 aromatic rings. The molecule has 0 saturated carbocycles. The van der Waals surface area contributed by atoms with Gasteiger partial charge in [0.05, 0.1) is 12.1 Å². The molecular weight excluding hydrogens is 244 g/mol. The third-order valence-electron chi connectivity index (χ3n) is 2.85. The molecule has 0 atom stereocenters. The lowest BCUT2D eigenvalue weighted by Gasteiger charge is -2.04.